The summed E-state index contributed by atoms with van der Waals surface area (Å²) >= 11 is 5.89. The Morgan fingerprint density at radius 2 is 1.88 bits per heavy atom. The monoisotopic (exact) mass is 244 g/mol. The molecule has 0 saturated heterocycles. The maximum absolute atomic E-state index is 8.72. The van der Waals surface area contributed by atoms with Crippen molar-refractivity contribution >= 4 is 11.6 Å². The fourth-order valence-electron chi connectivity index (χ4n) is 1.48. The minimum atomic E-state index is 0.378. The molecule has 84 valence electrons. The van der Waals surface area contributed by atoms with Crippen LogP contribution in [-0.4, -0.2) is 12.1 Å². The van der Waals surface area contributed by atoms with Crippen molar-refractivity contribution in [2.75, 3.05) is 7.11 Å². The van der Waals surface area contributed by atoms with Crippen LogP contribution in [0.1, 0.15) is 5.56 Å². The van der Waals surface area contributed by atoms with Gasteiger partial charge in [-0.2, -0.15) is 5.26 Å². The Balaban J connectivity index is 2.45. The van der Waals surface area contributed by atoms with Gasteiger partial charge < -0.3 is 4.74 Å². The Labute approximate surface area is 104 Å². The summed E-state index contributed by atoms with van der Waals surface area (Å²) in [6.45, 7) is 0. The van der Waals surface area contributed by atoms with Gasteiger partial charge in [-0.15, -0.1) is 0 Å². The average Bonchev–Trinajstić information content (AvgIpc) is 2.38. The van der Waals surface area contributed by atoms with Crippen molar-refractivity contribution in [3.63, 3.8) is 0 Å². The molecular formula is C13H9ClN2O. The van der Waals surface area contributed by atoms with Crippen molar-refractivity contribution in [1.82, 2.24) is 4.98 Å². The number of hydrogen-bond acceptors (Lipinski definition) is 3. The Morgan fingerprint density at radius 3 is 2.47 bits per heavy atom. The Kier molecular flexibility index (Phi) is 3.27. The molecule has 0 atom stereocenters. The number of methoxy groups -OCH3 is 1. The first-order valence-corrected chi connectivity index (χ1v) is 5.33. The van der Waals surface area contributed by atoms with Crippen LogP contribution in [0.25, 0.3) is 11.1 Å². The van der Waals surface area contributed by atoms with E-state index in [2.05, 4.69) is 11.1 Å². The highest BCUT2D eigenvalue weighted by atomic mass is 35.5. The molecule has 4 heteroatoms. The highest BCUT2D eigenvalue weighted by Crippen LogP contribution is 2.25. The van der Waals surface area contributed by atoms with Crippen LogP contribution in [0, 0.1) is 11.3 Å². The predicted molar refractivity (Wildman–Crippen MR) is 66.0 cm³/mol. The molecule has 0 aliphatic rings. The highest BCUT2D eigenvalue weighted by Gasteiger charge is 2.04. The lowest BCUT2D eigenvalue weighted by Gasteiger charge is -2.05. The molecule has 1 heterocycles. The van der Waals surface area contributed by atoms with E-state index in [9.17, 15) is 0 Å². The van der Waals surface area contributed by atoms with Crippen molar-refractivity contribution in [3.8, 4) is 23.1 Å². The maximum atomic E-state index is 8.72. The number of benzene rings is 1. The van der Waals surface area contributed by atoms with E-state index in [-0.39, 0.29) is 0 Å². The van der Waals surface area contributed by atoms with E-state index in [1.54, 1.807) is 31.4 Å². The molecule has 3 nitrogen and oxygen atoms in total. The summed E-state index contributed by atoms with van der Waals surface area (Å²) in [7, 11) is 1.54. The van der Waals surface area contributed by atoms with Crippen molar-refractivity contribution in [1.29, 1.82) is 5.26 Å². The molecule has 2 rings (SSSR count). The van der Waals surface area contributed by atoms with E-state index in [4.69, 9.17) is 21.6 Å². The largest absolute Gasteiger partial charge is 0.481 e. The lowest BCUT2D eigenvalue weighted by molar-refractivity contribution is 0.398. The summed E-state index contributed by atoms with van der Waals surface area (Å²) in [5.74, 6) is 0.469. The Morgan fingerprint density at radius 1 is 1.18 bits per heavy atom. The lowest BCUT2D eigenvalue weighted by Crippen LogP contribution is -1.89. The number of aromatic nitrogens is 1. The molecule has 0 fully saturated rings. The van der Waals surface area contributed by atoms with Crippen LogP contribution >= 0.6 is 11.6 Å². The molecule has 0 amide bonds. The van der Waals surface area contributed by atoms with Crippen LogP contribution in [0.4, 0.5) is 0 Å². The van der Waals surface area contributed by atoms with Crippen LogP contribution in [0.15, 0.2) is 36.4 Å². The SMILES string of the molecule is COc1cc(-c2ccc(C#N)cc2)cc(Cl)n1. The minimum absolute atomic E-state index is 0.378. The summed E-state index contributed by atoms with van der Waals surface area (Å²) in [6, 6.07) is 12.9. The molecule has 1 aromatic carbocycles. The van der Waals surface area contributed by atoms with Crippen molar-refractivity contribution < 1.29 is 4.74 Å². The van der Waals surface area contributed by atoms with Gasteiger partial charge in [0.2, 0.25) is 5.88 Å². The highest BCUT2D eigenvalue weighted by molar-refractivity contribution is 6.29. The zero-order chi connectivity index (χ0) is 12.3. The van der Waals surface area contributed by atoms with E-state index < -0.39 is 0 Å². The molecule has 0 spiro atoms. The second-order valence-corrected chi connectivity index (χ2v) is 3.80. The molecule has 0 saturated carbocycles. The van der Waals surface area contributed by atoms with Gasteiger partial charge in [0.25, 0.3) is 0 Å². The first-order chi connectivity index (χ1) is 8.22. The average molecular weight is 245 g/mol. The third-order valence-corrected chi connectivity index (χ3v) is 2.52. The smallest absolute Gasteiger partial charge is 0.214 e. The molecular weight excluding hydrogens is 236 g/mol. The van der Waals surface area contributed by atoms with E-state index in [1.807, 2.05) is 12.1 Å². The molecule has 0 bridgehead atoms. The Hall–Kier alpha value is -2.05. The van der Waals surface area contributed by atoms with E-state index in [0.717, 1.165) is 11.1 Å². The van der Waals surface area contributed by atoms with Crippen molar-refractivity contribution in [3.05, 3.63) is 47.1 Å². The maximum Gasteiger partial charge on any atom is 0.214 e. The predicted octanol–water partition coefficient (Wildman–Crippen LogP) is 3.28. The summed E-state index contributed by atoms with van der Waals surface area (Å²) in [5, 5.41) is 9.10. The molecule has 2 aromatic rings. The fourth-order valence-corrected chi connectivity index (χ4v) is 1.68. The fraction of sp³-hybridized carbons (Fsp3) is 0.0769. The van der Waals surface area contributed by atoms with Crippen LogP contribution in [0.5, 0.6) is 5.88 Å². The summed E-state index contributed by atoms with van der Waals surface area (Å²) in [6.07, 6.45) is 0. The molecule has 17 heavy (non-hydrogen) atoms. The number of hydrogen-bond donors (Lipinski definition) is 0. The van der Waals surface area contributed by atoms with Gasteiger partial charge in [-0.05, 0) is 29.3 Å². The quantitative estimate of drug-likeness (QED) is 0.762. The number of rotatable bonds is 2. The zero-order valence-corrected chi connectivity index (χ0v) is 9.90. The van der Waals surface area contributed by atoms with E-state index in [0.29, 0.717) is 16.6 Å². The van der Waals surface area contributed by atoms with Gasteiger partial charge in [0.05, 0.1) is 18.7 Å². The van der Waals surface area contributed by atoms with Crippen LogP contribution in [0.3, 0.4) is 0 Å². The molecule has 0 unspecified atom stereocenters. The molecule has 0 N–H and O–H groups in total. The normalized spacial score (nSPS) is 9.71. The van der Waals surface area contributed by atoms with Gasteiger partial charge >= 0.3 is 0 Å². The van der Waals surface area contributed by atoms with Gasteiger partial charge in [0.15, 0.2) is 0 Å². The second-order valence-electron chi connectivity index (χ2n) is 3.41. The minimum Gasteiger partial charge on any atom is -0.481 e. The Bertz CT molecular complexity index is 573. The van der Waals surface area contributed by atoms with Crippen molar-refractivity contribution in [2.24, 2.45) is 0 Å². The zero-order valence-electron chi connectivity index (χ0n) is 9.14. The molecule has 0 aliphatic heterocycles. The number of pyridine rings is 1. The van der Waals surface area contributed by atoms with Gasteiger partial charge in [-0.1, -0.05) is 23.7 Å². The third-order valence-electron chi connectivity index (χ3n) is 2.33. The molecule has 1 aromatic heterocycles. The summed E-state index contributed by atoms with van der Waals surface area (Å²) < 4.78 is 5.05. The van der Waals surface area contributed by atoms with E-state index >= 15 is 0 Å². The number of halogens is 1. The van der Waals surface area contributed by atoms with Gasteiger partial charge in [0.1, 0.15) is 5.15 Å². The van der Waals surface area contributed by atoms with E-state index in [1.165, 1.54) is 0 Å². The lowest BCUT2D eigenvalue weighted by atomic mass is 10.1. The van der Waals surface area contributed by atoms with Gasteiger partial charge in [-0.25, -0.2) is 4.98 Å². The molecule has 0 aliphatic carbocycles. The second kappa shape index (κ2) is 4.86. The van der Waals surface area contributed by atoms with Gasteiger partial charge in [-0.3, -0.25) is 0 Å². The summed E-state index contributed by atoms with van der Waals surface area (Å²) in [5.41, 5.74) is 2.50. The number of ether oxygens (including phenoxy) is 1. The number of nitriles is 1. The molecule has 0 radical (unpaired) electrons. The summed E-state index contributed by atoms with van der Waals surface area (Å²) in [4.78, 5) is 4.00. The van der Waals surface area contributed by atoms with Gasteiger partial charge in [0, 0.05) is 6.07 Å². The van der Waals surface area contributed by atoms with Crippen LogP contribution in [-0.2, 0) is 0 Å². The number of nitrogens with zero attached hydrogens (tertiary/aromatic N) is 2. The van der Waals surface area contributed by atoms with Crippen LogP contribution in [0.2, 0.25) is 5.15 Å². The van der Waals surface area contributed by atoms with Crippen molar-refractivity contribution in [2.45, 2.75) is 0 Å². The topological polar surface area (TPSA) is 45.9 Å². The van der Waals surface area contributed by atoms with Crippen LogP contribution < -0.4 is 4.74 Å². The first-order valence-electron chi connectivity index (χ1n) is 4.95. The standard InChI is InChI=1S/C13H9ClN2O/c1-17-13-7-11(6-12(14)16-13)10-4-2-9(8-15)3-5-10/h2-7H,1H3. The third kappa shape index (κ3) is 2.55. The first kappa shape index (κ1) is 11.4.